The first kappa shape index (κ1) is 13.3. The van der Waals surface area contributed by atoms with Gasteiger partial charge in [-0.15, -0.1) is 11.8 Å². The molecule has 0 N–H and O–H groups in total. The van der Waals surface area contributed by atoms with Gasteiger partial charge in [0.05, 0.1) is 5.75 Å². The average Bonchev–Trinajstić information content (AvgIpc) is 3.07. The molecule has 3 nitrogen and oxygen atoms in total. The zero-order chi connectivity index (χ0) is 14.1. The van der Waals surface area contributed by atoms with Crippen molar-refractivity contribution in [3.8, 4) is 5.69 Å². The van der Waals surface area contributed by atoms with Crippen molar-refractivity contribution in [2.24, 2.45) is 0 Å². The second-order valence-corrected chi connectivity index (χ2v) is 6.07. The summed E-state index contributed by atoms with van der Waals surface area (Å²) in [5, 5.41) is 0.150. The first-order valence-corrected chi connectivity index (χ1v) is 7.89. The third-order valence-corrected chi connectivity index (χ3v) is 5.08. The average molecular weight is 286 g/mol. The lowest BCUT2D eigenvalue weighted by Gasteiger charge is -2.17. The van der Waals surface area contributed by atoms with E-state index in [2.05, 4.69) is 54.2 Å². The minimum atomic E-state index is 0.150. The Morgan fingerprint density at radius 2 is 2.10 bits per heavy atom. The number of rotatable bonds is 3. The lowest BCUT2D eigenvalue weighted by atomic mass is 10.1. The first-order valence-electron chi connectivity index (χ1n) is 6.84. The van der Waals surface area contributed by atoms with Crippen LogP contribution >= 0.6 is 11.8 Å². The van der Waals surface area contributed by atoms with E-state index in [-0.39, 0.29) is 11.3 Å². The van der Waals surface area contributed by atoms with Crippen molar-refractivity contribution in [3.05, 3.63) is 53.9 Å². The van der Waals surface area contributed by atoms with Gasteiger partial charge in [-0.2, -0.15) is 0 Å². The van der Waals surface area contributed by atoms with Gasteiger partial charge in [0.25, 0.3) is 0 Å². The molecule has 0 unspecified atom stereocenters. The van der Waals surface area contributed by atoms with Crippen LogP contribution in [0, 0.1) is 0 Å². The first-order chi connectivity index (χ1) is 9.70. The molecule has 3 rings (SSSR count). The minimum Gasteiger partial charge on any atom is -0.329 e. The number of benzene rings is 1. The zero-order valence-corrected chi connectivity index (χ0v) is 12.6. The molecule has 4 heteroatoms. The van der Waals surface area contributed by atoms with Crippen LogP contribution < -0.4 is 0 Å². The Hall–Kier alpha value is -1.68. The summed E-state index contributed by atoms with van der Waals surface area (Å²) in [6, 6.07) is 10.5. The molecular weight excluding hydrogens is 268 g/mol. The summed E-state index contributed by atoms with van der Waals surface area (Å²) >= 11 is 1.69. The number of para-hydroxylation sites is 1. The van der Waals surface area contributed by atoms with Crippen molar-refractivity contribution in [1.82, 2.24) is 9.47 Å². The third kappa shape index (κ3) is 2.24. The van der Waals surface area contributed by atoms with Gasteiger partial charge < -0.3 is 9.47 Å². The summed E-state index contributed by atoms with van der Waals surface area (Å²) in [6.45, 7) is 2.17. The highest BCUT2D eigenvalue weighted by atomic mass is 32.2. The topological polar surface area (TPSA) is 25.2 Å². The van der Waals surface area contributed by atoms with Crippen LogP contribution in [0.15, 0.2) is 42.7 Å². The molecule has 1 aromatic heterocycles. The van der Waals surface area contributed by atoms with Crippen LogP contribution in [-0.4, -0.2) is 28.2 Å². The van der Waals surface area contributed by atoms with Crippen molar-refractivity contribution in [2.45, 2.75) is 18.7 Å². The van der Waals surface area contributed by atoms with E-state index >= 15 is 0 Å². The molecule has 1 saturated heterocycles. The largest absolute Gasteiger partial charge is 0.329 e. The molecule has 2 aromatic rings. The number of carbonyl (C=O) groups is 1. The number of carbonyl (C=O) groups excluding carboxylic acids is 1. The lowest BCUT2D eigenvalue weighted by molar-refractivity contribution is -0.126. The molecule has 0 aliphatic carbocycles. The normalized spacial score (nSPS) is 18.8. The number of aryl methyl sites for hydroxylation is 1. The molecule has 0 spiro atoms. The molecule has 0 saturated carbocycles. The molecule has 1 aromatic carbocycles. The van der Waals surface area contributed by atoms with E-state index in [9.17, 15) is 4.79 Å². The van der Waals surface area contributed by atoms with Gasteiger partial charge in [-0.25, -0.2) is 0 Å². The highest BCUT2D eigenvalue weighted by Crippen LogP contribution is 2.37. The molecule has 0 radical (unpaired) electrons. The second-order valence-electron chi connectivity index (χ2n) is 5.00. The number of hydrogen-bond donors (Lipinski definition) is 0. The van der Waals surface area contributed by atoms with Crippen LogP contribution in [0.3, 0.4) is 0 Å². The van der Waals surface area contributed by atoms with Gasteiger partial charge in [0.1, 0.15) is 5.37 Å². The zero-order valence-electron chi connectivity index (χ0n) is 11.7. The van der Waals surface area contributed by atoms with Crippen molar-refractivity contribution in [3.63, 3.8) is 0 Å². The molecule has 2 heterocycles. The van der Waals surface area contributed by atoms with Gasteiger partial charge in [0, 0.05) is 30.7 Å². The van der Waals surface area contributed by atoms with Crippen molar-refractivity contribution in [1.29, 1.82) is 0 Å². The van der Waals surface area contributed by atoms with Crippen molar-refractivity contribution >= 4 is 17.7 Å². The maximum atomic E-state index is 11.6. The fourth-order valence-electron chi connectivity index (χ4n) is 2.59. The van der Waals surface area contributed by atoms with Gasteiger partial charge in [0.2, 0.25) is 5.91 Å². The Morgan fingerprint density at radius 1 is 1.30 bits per heavy atom. The van der Waals surface area contributed by atoms with E-state index < -0.39 is 0 Å². The smallest absolute Gasteiger partial charge is 0.233 e. The fraction of sp³-hybridized carbons (Fsp3) is 0.312. The molecule has 1 aliphatic heterocycles. The van der Waals surface area contributed by atoms with Crippen LogP contribution in [0.2, 0.25) is 0 Å². The monoisotopic (exact) mass is 286 g/mol. The Balaban J connectivity index is 1.92. The molecule has 104 valence electrons. The summed E-state index contributed by atoms with van der Waals surface area (Å²) < 4.78 is 2.16. The lowest BCUT2D eigenvalue weighted by Crippen LogP contribution is -2.22. The number of aromatic nitrogens is 1. The number of nitrogens with zero attached hydrogens (tertiary/aromatic N) is 2. The Kier molecular flexibility index (Phi) is 3.57. The van der Waals surface area contributed by atoms with E-state index in [1.807, 2.05) is 11.9 Å². The molecule has 1 amide bonds. The van der Waals surface area contributed by atoms with Crippen LogP contribution in [0.25, 0.3) is 5.69 Å². The molecule has 1 aliphatic rings. The Bertz CT molecular complexity index is 635. The third-order valence-electron chi connectivity index (χ3n) is 3.76. The van der Waals surface area contributed by atoms with E-state index in [4.69, 9.17) is 0 Å². The number of amides is 1. The molecular formula is C16H18N2OS. The maximum absolute atomic E-state index is 11.6. The van der Waals surface area contributed by atoms with Gasteiger partial charge in [-0.3, -0.25) is 4.79 Å². The van der Waals surface area contributed by atoms with E-state index in [1.165, 1.54) is 16.8 Å². The van der Waals surface area contributed by atoms with Crippen LogP contribution in [-0.2, 0) is 11.2 Å². The maximum Gasteiger partial charge on any atom is 0.233 e. The SMILES string of the molecule is CCc1ccccc1-n1ccc([C@H]2SCC(=O)N2C)c1. The van der Waals surface area contributed by atoms with Crippen LogP contribution in [0.4, 0.5) is 0 Å². The molecule has 20 heavy (non-hydrogen) atoms. The predicted molar refractivity (Wildman–Crippen MR) is 83.1 cm³/mol. The molecule has 1 fully saturated rings. The van der Waals surface area contributed by atoms with Gasteiger partial charge in [-0.05, 0) is 24.1 Å². The highest BCUT2D eigenvalue weighted by Gasteiger charge is 2.30. The Labute approximate surface area is 123 Å². The summed E-state index contributed by atoms with van der Waals surface area (Å²) in [7, 11) is 1.88. The predicted octanol–water partition coefficient (Wildman–Crippen LogP) is 3.24. The number of thioether (sulfide) groups is 1. The summed E-state index contributed by atoms with van der Waals surface area (Å²) in [4.78, 5) is 13.5. The molecule has 1 atom stereocenters. The van der Waals surface area contributed by atoms with Gasteiger partial charge in [-0.1, -0.05) is 25.1 Å². The minimum absolute atomic E-state index is 0.150. The fourth-order valence-corrected chi connectivity index (χ4v) is 3.76. The van der Waals surface area contributed by atoms with Gasteiger partial charge >= 0.3 is 0 Å². The highest BCUT2D eigenvalue weighted by molar-refractivity contribution is 8.00. The Morgan fingerprint density at radius 3 is 2.80 bits per heavy atom. The van der Waals surface area contributed by atoms with Crippen LogP contribution in [0.1, 0.15) is 23.4 Å². The summed E-state index contributed by atoms with van der Waals surface area (Å²) in [5.41, 5.74) is 3.74. The van der Waals surface area contributed by atoms with Crippen molar-refractivity contribution < 1.29 is 4.79 Å². The molecule has 0 bridgehead atoms. The van der Waals surface area contributed by atoms with Crippen molar-refractivity contribution in [2.75, 3.05) is 12.8 Å². The van der Waals surface area contributed by atoms with Gasteiger partial charge in [0.15, 0.2) is 0 Å². The van der Waals surface area contributed by atoms with Crippen LogP contribution in [0.5, 0.6) is 0 Å². The standard InChI is InChI=1S/C16H18N2OS/c1-3-12-6-4-5-7-14(12)18-9-8-13(10-18)16-17(2)15(19)11-20-16/h4-10,16H,3,11H2,1-2H3/t16-/m1/s1. The van der Waals surface area contributed by atoms with E-state index in [0.29, 0.717) is 5.75 Å². The number of hydrogen-bond acceptors (Lipinski definition) is 2. The quantitative estimate of drug-likeness (QED) is 0.865. The summed E-state index contributed by atoms with van der Waals surface area (Å²) in [6.07, 6.45) is 5.24. The second kappa shape index (κ2) is 5.37. The van der Waals surface area contributed by atoms with E-state index in [0.717, 1.165) is 6.42 Å². The summed E-state index contributed by atoms with van der Waals surface area (Å²) in [5.74, 6) is 0.791. The van der Waals surface area contributed by atoms with E-state index in [1.54, 1.807) is 11.8 Å².